The monoisotopic (exact) mass is 381 g/mol. The summed E-state index contributed by atoms with van der Waals surface area (Å²) >= 11 is 0. The second kappa shape index (κ2) is 6.57. The molecular formula is C15H19N5O5S. The van der Waals surface area contributed by atoms with E-state index in [0.717, 1.165) is 6.20 Å². The molecule has 1 aliphatic rings. The van der Waals surface area contributed by atoms with E-state index in [1.54, 1.807) is 22.8 Å². The van der Waals surface area contributed by atoms with Gasteiger partial charge < -0.3 is 10.0 Å². The molecule has 0 bridgehead atoms. The standard InChI is InChI=1S/C15H19N5O5S/c1-18-9-11(8-17-18)14(21)19-5-2-10(3-6-19)12-4-7-20(26(16,24)25)13(12)15(22)23/h4,7-10H,2-3,5-6H2,1H3,(H,22,23)(H2,16,24,25). The van der Waals surface area contributed by atoms with Crippen molar-refractivity contribution in [3.8, 4) is 0 Å². The van der Waals surface area contributed by atoms with Gasteiger partial charge in [-0.25, -0.2) is 13.9 Å². The number of nitrogens with zero attached hydrogens (tertiary/aromatic N) is 4. The molecule has 3 heterocycles. The number of aromatic carboxylic acids is 1. The van der Waals surface area contributed by atoms with Gasteiger partial charge in [0.1, 0.15) is 5.69 Å². The van der Waals surface area contributed by atoms with Crippen molar-refractivity contribution < 1.29 is 23.1 Å². The fourth-order valence-electron chi connectivity index (χ4n) is 3.30. The van der Waals surface area contributed by atoms with Gasteiger partial charge >= 0.3 is 16.2 Å². The molecule has 140 valence electrons. The molecule has 0 radical (unpaired) electrons. The maximum Gasteiger partial charge on any atom is 0.353 e. The van der Waals surface area contributed by atoms with Gasteiger partial charge in [-0.3, -0.25) is 9.48 Å². The van der Waals surface area contributed by atoms with E-state index in [9.17, 15) is 23.1 Å². The summed E-state index contributed by atoms with van der Waals surface area (Å²) in [6.07, 6.45) is 5.36. The van der Waals surface area contributed by atoms with Crippen LogP contribution in [0, 0.1) is 0 Å². The lowest BCUT2D eigenvalue weighted by molar-refractivity contribution is 0.0674. The normalized spacial score (nSPS) is 16.0. The molecule has 0 saturated carbocycles. The van der Waals surface area contributed by atoms with Crippen LogP contribution in [0.1, 0.15) is 45.2 Å². The number of piperidine rings is 1. The Morgan fingerprint density at radius 3 is 2.46 bits per heavy atom. The first-order chi connectivity index (χ1) is 12.2. The molecule has 26 heavy (non-hydrogen) atoms. The SMILES string of the molecule is Cn1cc(C(=O)N2CCC(c3ccn(S(N)(=O)=O)c3C(=O)O)CC2)cn1. The van der Waals surface area contributed by atoms with Gasteiger partial charge in [-0.1, -0.05) is 0 Å². The predicted octanol–water partition coefficient (Wildman–Crippen LogP) is -0.00880. The maximum absolute atomic E-state index is 12.4. The Bertz CT molecular complexity index is 953. The average Bonchev–Trinajstić information content (AvgIpc) is 3.20. The van der Waals surface area contributed by atoms with Crippen LogP contribution in [0.15, 0.2) is 24.7 Å². The van der Waals surface area contributed by atoms with Gasteiger partial charge in [0.2, 0.25) is 0 Å². The number of carboxylic acids is 1. The highest BCUT2D eigenvalue weighted by molar-refractivity contribution is 7.87. The van der Waals surface area contributed by atoms with Crippen LogP contribution < -0.4 is 5.14 Å². The van der Waals surface area contributed by atoms with Gasteiger partial charge in [0.05, 0.1) is 11.8 Å². The molecule has 1 fully saturated rings. The van der Waals surface area contributed by atoms with Crippen molar-refractivity contribution in [2.24, 2.45) is 12.2 Å². The highest BCUT2D eigenvalue weighted by atomic mass is 32.2. The number of carbonyl (C=O) groups is 2. The zero-order valence-corrected chi connectivity index (χ0v) is 14.9. The van der Waals surface area contributed by atoms with Crippen LogP contribution in [-0.4, -0.2) is 57.1 Å². The molecule has 0 spiro atoms. The fourth-order valence-corrected chi connectivity index (χ4v) is 3.96. The minimum Gasteiger partial charge on any atom is -0.477 e. The van der Waals surface area contributed by atoms with E-state index >= 15 is 0 Å². The van der Waals surface area contributed by atoms with Gasteiger partial charge in [0.25, 0.3) is 5.91 Å². The predicted molar refractivity (Wildman–Crippen MR) is 91.0 cm³/mol. The molecule has 1 aliphatic heterocycles. The second-order valence-electron chi connectivity index (χ2n) is 6.23. The number of carboxylic acid groups (broad SMARTS) is 1. The van der Waals surface area contributed by atoms with Crippen molar-refractivity contribution in [2.45, 2.75) is 18.8 Å². The summed E-state index contributed by atoms with van der Waals surface area (Å²) in [6, 6.07) is 1.47. The average molecular weight is 381 g/mol. The van der Waals surface area contributed by atoms with E-state index in [-0.39, 0.29) is 17.5 Å². The number of likely N-dealkylation sites (tertiary alicyclic amines) is 1. The van der Waals surface area contributed by atoms with E-state index in [4.69, 9.17) is 5.14 Å². The number of aromatic nitrogens is 3. The van der Waals surface area contributed by atoms with Crippen LogP contribution >= 0.6 is 0 Å². The van der Waals surface area contributed by atoms with Crippen LogP contribution in [0.2, 0.25) is 0 Å². The van der Waals surface area contributed by atoms with Gasteiger partial charge in [0.15, 0.2) is 0 Å². The maximum atomic E-state index is 12.4. The summed E-state index contributed by atoms with van der Waals surface area (Å²) in [5, 5.41) is 18.5. The van der Waals surface area contributed by atoms with E-state index in [0.29, 0.717) is 41.0 Å². The second-order valence-corrected chi connectivity index (χ2v) is 7.66. The fraction of sp³-hybridized carbons (Fsp3) is 0.400. The van der Waals surface area contributed by atoms with Gasteiger partial charge in [-0.05, 0) is 30.4 Å². The van der Waals surface area contributed by atoms with Crippen LogP contribution in [0.25, 0.3) is 0 Å². The van der Waals surface area contributed by atoms with Gasteiger partial charge in [-0.15, -0.1) is 0 Å². The van der Waals surface area contributed by atoms with Crippen molar-refractivity contribution >= 4 is 22.1 Å². The minimum absolute atomic E-state index is 0.128. The molecule has 2 aromatic rings. The molecule has 0 atom stereocenters. The molecule has 11 heteroatoms. The molecule has 2 aromatic heterocycles. The van der Waals surface area contributed by atoms with Crippen LogP contribution in [0.3, 0.4) is 0 Å². The topological polar surface area (TPSA) is 141 Å². The van der Waals surface area contributed by atoms with Gasteiger partial charge in [-0.2, -0.15) is 13.5 Å². The van der Waals surface area contributed by atoms with Crippen LogP contribution in [0.4, 0.5) is 0 Å². The molecule has 0 aliphatic carbocycles. The third-order valence-corrected chi connectivity index (χ3v) is 5.39. The Kier molecular flexibility index (Phi) is 4.59. The van der Waals surface area contributed by atoms with Crippen molar-refractivity contribution in [1.29, 1.82) is 0 Å². The Balaban J connectivity index is 1.77. The third kappa shape index (κ3) is 3.35. The van der Waals surface area contributed by atoms with Crippen LogP contribution in [0.5, 0.6) is 0 Å². The Labute approximate surface area is 150 Å². The molecule has 1 saturated heterocycles. The molecule has 0 unspecified atom stereocenters. The van der Waals surface area contributed by atoms with E-state index in [1.165, 1.54) is 12.3 Å². The quantitative estimate of drug-likeness (QED) is 0.763. The zero-order chi connectivity index (χ0) is 19.1. The number of rotatable bonds is 4. The van der Waals surface area contributed by atoms with Crippen molar-refractivity contribution in [2.75, 3.05) is 13.1 Å². The van der Waals surface area contributed by atoms with E-state index in [1.807, 2.05) is 0 Å². The van der Waals surface area contributed by atoms with Crippen molar-refractivity contribution in [1.82, 2.24) is 18.7 Å². The zero-order valence-electron chi connectivity index (χ0n) is 14.1. The summed E-state index contributed by atoms with van der Waals surface area (Å²) in [6.45, 7) is 0.885. The van der Waals surface area contributed by atoms with E-state index in [2.05, 4.69) is 5.10 Å². The third-order valence-electron chi connectivity index (χ3n) is 4.53. The van der Waals surface area contributed by atoms with Gasteiger partial charge in [0, 0.05) is 32.5 Å². The van der Waals surface area contributed by atoms with Crippen LogP contribution in [-0.2, 0) is 17.3 Å². The summed E-state index contributed by atoms with van der Waals surface area (Å²) in [4.78, 5) is 25.7. The molecule has 3 rings (SSSR count). The lowest BCUT2D eigenvalue weighted by atomic mass is 9.89. The first kappa shape index (κ1) is 18.1. The summed E-state index contributed by atoms with van der Waals surface area (Å²) in [7, 11) is -2.46. The number of hydrogen-bond donors (Lipinski definition) is 2. The summed E-state index contributed by atoms with van der Waals surface area (Å²) in [5.41, 5.74) is 0.571. The Morgan fingerprint density at radius 1 is 1.31 bits per heavy atom. The number of amides is 1. The molecule has 10 nitrogen and oxygen atoms in total. The highest BCUT2D eigenvalue weighted by Crippen LogP contribution is 2.32. The Morgan fingerprint density at radius 2 is 1.96 bits per heavy atom. The lowest BCUT2D eigenvalue weighted by Crippen LogP contribution is -2.38. The molecule has 0 aromatic carbocycles. The van der Waals surface area contributed by atoms with E-state index < -0.39 is 16.2 Å². The molecule has 3 N–H and O–H groups in total. The first-order valence-corrected chi connectivity index (χ1v) is 9.44. The summed E-state index contributed by atoms with van der Waals surface area (Å²) in [5.74, 6) is -1.65. The molecule has 1 amide bonds. The number of nitrogens with two attached hydrogens (primary N) is 1. The number of aryl methyl sites for hydroxylation is 1. The highest BCUT2D eigenvalue weighted by Gasteiger charge is 2.31. The number of hydrogen-bond acceptors (Lipinski definition) is 5. The lowest BCUT2D eigenvalue weighted by Gasteiger charge is -2.32. The Hall–Kier alpha value is -2.66. The summed E-state index contributed by atoms with van der Waals surface area (Å²) < 4.78 is 25.3. The van der Waals surface area contributed by atoms with Crippen molar-refractivity contribution in [3.63, 3.8) is 0 Å². The first-order valence-electron chi connectivity index (χ1n) is 7.94. The van der Waals surface area contributed by atoms with Crippen molar-refractivity contribution in [3.05, 3.63) is 41.5 Å². The largest absolute Gasteiger partial charge is 0.477 e. The number of carbonyl (C=O) groups excluding carboxylic acids is 1. The minimum atomic E-state index is -4.19. The smallest absolute Gasteiger partial charge is 0.353 e. The molecular weight excluding hydrogens is 362 g/mol.